The Balaban J connectivity index is 1.97. The number of nitrogens with zero attached hydrogens (tertiary/aromatic N) is 2. The average molecular weight is 343 g/mol. The maximum absolute atomic E-state index is 11.9. The first-order chi connectivity index (χ1) is 9.06. The molecule has 2 aliphatic rings. The van der Waals surface area contributed by atoms with Gasteiger partial charge in [0.05, 0.1) is 0 Å². The van der Waals surface area contributed by atoms with Gasteiger partial charge in [0.2, 0.25) is 0 Å². The molecule has 4 nitrogen and oxygen atoms in total. The Hall–Kier alpha value is -1.07. The molecule has 1 atom stereocenters. The Morgan fingerprint density at radius 3 is 2.89 bits per heavy atom. The van der Waals surface area contributed by atoms with Crippen LogP contribution in [0.3, 0.4) is 0 Å². The lowest BCUT2D eigenvalue weighted by Crippen LogP contribution is -2.35. The number of carbonyl (C=O) groups is 1. The summed E-state index contributed by atoms with van der Waals surface area (Å²) in [6.07, 6.45) is 2.34. The van der Waals surface area contributed by atoms with E-state index in [1.54, 1.807) is 11.0 Å². The second-order valence-corrected chi connectivity index (χ2v) is 6.31. The molecule has 3 rings (SSSR count). The molecule has 0 bridgehead atoms. The zero-order chi connectivity index (χ0) is 13.6. The molecule has 0 radical (unpaired) electrons. The first-order valence-corrected chi connectivity index (χ1v) is 7.33. The maximum atomic E-state index is 11.9. The van der Waals surface area contributed by atoms with Crippen molar-refractivity contribution in [1.29, 1.82) is 0 Å². The number of aliphatic imine (C=N–C) groups is 1. The second kappa shape index (κ2) is 4.80. The molecule has 1 aliphatic carbocycles. The number of urea groups is 1. The summed E-state index contributed by atoms with van der Waals surface area (Å²) in [5, 5.41) is 0.599. The zero-order valence-electron chi connectivity index (χ0n) is 10.1. The third kappa shape index (κ3) is 2.49. The van der Waals surface area contributed by atoms with Crippen LogP contribution in [0.2, 0.25) is 5.02 Å². The van der Waals surface area contributed by atoms with E-state index in [0.29, 0.717) is 23.3 Å². The third-order valence-corrected chi connectivity index (χ3v) is 4.30. The SMILES string of the molecule is NC1=NC(=O)N(CC2CC2)C1c1cc(Br)ccc1Cl. The van der Waals surface area contributed by atoms with Gasteiger partial charge < -0.3 is 10.6 Å². The Kier molecular flexibility index (Phi) is 3.27. The fraction of sp³-hybridized carbons (Fsp3) is 0.385. The molecular formula is C13H13BrClN3O. The van der Waals surface area contributed by atoms with Gasteiger partial charge in [-0.25, -0.2) is 4.79 Å². The highest BCUT2D eigenvalue weighted by Gasteiger charge is 2.39. The minimum Gasteiger partial charge on any atom is -0.385 e. The van der Waals surface area contributed by atoms with Crippen molar-refractivity contribution in [3.63, 3.8) is 0 Å². The summed E-state index contributed by atoms with van der Waals surface area (Å²) in [5.74, 6) is 0.907. The van der Waals surface area contributed by atoms with Crippen LogP contribution >= 0.6 is 27.5 Å². The number of hydrogen-bond acceptors (Lipinski definition) is 2. The number of carbonyl (C=O) groups excluding carboxylic acids is 1. The molecular weight excluding hydrogens is 330 g/mol. The summed E-state index contributed by atoms with van der Waals surface area (Å²) in [7, 11) is 0. The molecule has 1 saturated carbocycles. The Labute approximate surface area is 124 Å². The van der Waals surface area contributed by atoms with Crippen LogP contribution in [-0.2, 0) is 0 Å². The molecule has 2 amide bonds. The molecule has 1 aromatic carbocycles. The summed E-state index contributed by atoms with van der Waals surface area (Å²) in [5.41, 5.74) is 6.74. The van der Waals surface area contributed by atoms with E-state index in [1.807, 2.05) is 12.1 Å². The Bertz CT molecular complexity index is 571. The third-order valence-electron chi connectivity index (χ3n) is 3.47. The highest BCUT2D eigenvalue weighted by molar-refractivity contribution is 9.10. The van der Waals surface area contributed by atoms with E-state index in [2.05, 4.69) is 20.9 Å². The lowest BCUT2D eigenvalue weighted by molar-refractivity contribution is 0.204. The lowest BCUT2D eigenvalue weighted by atomic mass is 10.0. The number of nitrogens with two attached hydrogens (primary N) is 1. The first-order valence-electron chi connectivity index (χ1n) is 6.16. The van der Waals surface area contributed by atoms with E-state index in [4.69, 9.17) is 17.3 Å². The molecule has 1 unspecified atom stereocenters. The van der Waals surface area contributed by atoms with Crippen LogP contribution in [0.4, 0.5) is 4.79 Å². The monoisotopic (exact) mass is 341 g/mol. The molecule has 1 fully saturated rings. The minimum absolute atomic E-state index is 0.259. The van der Waals surface area contributed by atoms with Gasteiger partial charge in [-0.2, -0.15) is 4.99 Å². The fourth-order valence-electron chi connectivity index (χ4n) is 2.32. The number of amidine groups is 1. The highest BCUT2D eigenvalue weighted by Crippen LogP contribution is 2.37. The molecule has 1 aromatic rings. The number of benzene rings is 1. The lowest BCUT2D eigenvalue weighted by Gasteiger charge is -2.25. The van der Waals surface area contributed by atoms with E-state index in [1.165, 1.54) is 12.8 Å². The van der Waals surface area contributed by atoms with Crippen molar-refractivity contribution >= 4 is 39.4 Å². The number of halogens is 2. The molecule has 0 spiro atoms. The minimum atomic E-state index is -0.335. The van der Waals surface area contributed by atoms with Crippen LogP contribution in [0, 0.1) is 5.92 Å². The normalized spacial score (nSPS) is 22.8. The van der Waals surface area contributed by atoms with Gasteiger partial charge in [-0.1, -0.05) is 27.5 Å². The van der Waals surface area contributed by atoms with Gasteiger partial charge in [0.15, 0.2) is 0 Å². The average Bonchev–Trinajstić information content (AvgIpc) is 3.11. The standard InChI is InChI=1S/C13H13BrClN3O/c14-8-3-4-10(15)9(5-8)11-12(16)17-13(19)18(11)6-7-1-2-7/h3-5,7,11H,1-2,6H2,(H2,16,17,19). The van der Waals surface area contributed by atoms with Gasteiger partial charge in [-0.05, 0) is 37.0 Å². The molecule has 0 saturated heterocycles. The van der Waals surface area contributed by atoms with E-state index in [0.717, 1.165) is 10.0 Å². The number of rotatable bonds is 3. The highest BCUT2D eigenvalue weighted by atomic mass is 79.9. The van der Waals surface area contributed by atoms with Crippen molar-refractivity contribution in [3.05, 3.63) is 33.3 Å². The number of amides is 2. The van der Waals surface area contributed by atoms with E-state index < -0.39 is 0 Å². The maximum Gasteiger partial charge on any atom is 0.346 e. The van der Waals surface area contributed by atoms with Crippen molar-refractivity contribution < 1.29 is 4.79 Å². The first kappa shape index (κ1) is 12.9. The number of hydrogen-bond donors (Lipinski definition) is 1. The quantitative estimate of drug-likeness (QED) is 0.916. The van der Waals surface area contributed by atoms with Crippen LogP contribution in [0.25, 0.3) is 0 Å². The molecule has 19 heavy (non-hydrogen) atoms. The van der Waals surface area contributed by atoms with Gasteiger partial charge in [0.25, 0.3) is 0 Å². The van der Waals surface area contributed by atoms with Crippen LogP contribution < -0.4 is 5.73 Å². The van der Waals surface area contributed by atoms with Crippen LogP contribution in [-0.4, -0.2) is 23.3 Å². The van der Waals surface area contributed by atoms with Gasteiger partial charge in [0, 0.05) is 21.6 Å². The summed E-state index contributed by atoms with van der Waals surface area (Å²) >= 11 is 9.66. The van der Waals surface area contributed by atoms with Gasteiger partial charge in [0.1, 0.15) is 11.9 Å². The van der Waals surface area contributed by atoms with Gasteiger partial charge in [-0.15, -0.1) is 0 Å². The van der Waals surface area contributed by atoms with E-state index >= 15 is 0 Å². The van der Waals surface area contributed by atoms with Crippen molar-refractivity contribution in [1.82, 2.24) is 4.90 Å². The molecule has 1 heterocycles. The van der Waals surface area contributed by atoms with Gasteiger partial charge >= 0.3 is 6.03 Å². The largest absolute Gasteiger partial charge is 0.385 e. The predicted molar refractivity (Wildman–Crippen MR) is 78.3 cm³/mol. The van der Waals surface area contributed by atoms with E-state index in [-0.39, 0.29) is 12.1 Å². The van der Waals surface area contributed by atoms with Crippen molar-refractivity contribution in [3.8, 4) is 0 Å². The van der Waals surface area contributed by atoms with Crippen LogP contribution in [0.15, 0.2) is 27.7 Å². The smallest absolute Gasteiger partial charge is 0.346 e. The van der Waals surface area contributed by atoms with E-state index in [9.17, 15) is 4.79 Å². The molecule has 2 N–H and O–H groups in total. The Morgan fingerprint density at radius 1 is 1.47 bits per heavy atom. The zero-order valence-corrected chi connectivity index (χ0v) is 12.5. The van der Waals surface area contributed by atoms with Crippen molar-refractivity contribution in [2.75, 3.05) is 6.54 Å². The van der Waals surface area contributed by atoms with Crippen LogP contribution in [0.5, 0.6) is 0 Å². The Morgan fingerprint density at radius 2 is 2.21 bits per heavy atom. The molecule has 0 aromatic heterocycles. The topological polar surface area (TPSA) is 58.7 Å². The fourth-order valence-corrected chi connectivity index (χ4v) is 2.92. The molecule has 1 aliphatic heterocycles. The van der Waals surface area contributed by atoms with Crippen molar-refractivity contribution in [2.24, 2.45) is 16.6 Å². The molecule has 6 heteroatoms. The van der Waals surface area contributed by atoms with Crippen molar-refractivity contribution in [2.45, 2.75) is 18.9 Å². The summed E-state index contributed by atoms with van der Waals surface area (Å²) in [4.78, 5) is 17.5. The van der Waals surface area contributed by atoms with Crippen LogP contribution in [0.1, 0.15) is 24.4 Å². The summed E-state index contributed by atoms with van der Waals surface area (Å²) < 4.78 is 0.908. The summed E-state index contributed by atoms with van der Waals surface area (Å²) in [6, 6.07) is 4.96. The molecule has 100 valence electrons. The predicted octanol–water partition coefficient (Wildman–Crippen LogP) is 3.35. The summed E-state index contributed by atoms with van der Waals surface area (Å²) in [6.45, 7) is 0.705. The second-order valence-electron chi connectivity index (χ2n) is 4.98. The van der Waals surface area contributed by atoms with Gasteiger partial charge in [-0.3, -0.25) is 0 Å².